The van der Waals surface area contributed by atoms with Crippen LogP contribution in [0.25, 0.3) is 0 Å². The molecule has 0 spiro atoms. The first kappa shape index (κ1) is 36.7. The first-order valence-corrected chi connectivity index (χ1v) is 15.7. The Hall–Kier alpha value is -2.80. The molecule has 1 saturated heterocycles. The molecule has 2 heterocycles. The number of benzene rings is 1. The number of carbonyl (C=O) groups is 2. The number of rotatable bonds is 8. The highest BCUT2D eigenvalue weighted by molar-refractivity contribution is 5.94. The van der Waals surface area contributed by atoms with E-state index in [9.17, 15) is 14.7 Å². The summed E-state index contributed by atoms with van der Waals surface area (Å²) in [6.45, 7) is 9.57. The number of esters is 1. The van der Waals surface area contributed by atoms with Gasteiger partial charge in [-0.15, -0.1) is 0 Å². The van der Waals surface area contributed by atoms with Crippen molar-refractivity contribution in [3.8, 4) is 5.75 Å². The van der Waals surface area contributed by atoms with Gasteiger partial charge < -0.3 is 29.0 Å². The summed E-state index contributed by atoms with van der Waals surface area (Å²) in [5.41, 5.74) is 1.41. The molecular weight excluding hydrogens is 578 g/mol. The number of anilines is 1. The third-order valence-corrected chi connectivity index (χ3v) is 9.38. The second-order valence-electron chi connectivity index (χ2n) is 12.7. The number of allylic oxidation sites excluding steroid dienone is 3. The van der Waals surface area contributed by atoms with Gasteiger partial charge in [-0.2, -0.15) is 0 Å². The lowest BCUT2D eigenvalue weighted by Crippen LogP contribution is -2.54. The first-order chi connectivity index (χ1) is 21.3. The summed E-state index contributed by atoms with van der Waals surface area (Å²) >= 11 is 0. The lowest BCUT2D eigenvalue weighted by atomic mass is 9.80. The maximum Gasteiger partial charge on any atom is 0.334 e. The number of nitrogens with two attached hydrogens (primary N) is 1. The Labute approximate surface area is 268 Å². The number of hydrogen-bond donors (Lipinski definition) is 3. The number of epoxide rings is 1. The van der Waals surface area contributed by atoms with Crippen LogP contribution in [0.1, 0.15) is 65.0 Å². The monoisotopic (exact) mass is 631 g/mol. The van der Waals surface area contributed by atoms with Gasteiger partial charge in [0.05, 0.1) is 25.3 Å². The zero-order chi connectivity index (χ0) is 33.5. The quantitative estimate of drug-likeness (QED) is 0.168. The summed E-state index contributed by atoms with van der Waals surface area (Å²) in [6, 6.07) is 4.03. The molecule has 0 saturated carbocycles. The Bertz CT molecular complexity index is 1250. The van der Waals surface area contributed by atoms with Gasteiger partial charge in [-0.25, -0.2) is 10.7 Å². The van der Waals surface area contributed by atoms with Crippen LogP contribution in [0.4, 0.5) is 5.69 Å². The fraction of sp³-hybridized carbons (Fsp3) is 0.647. The third kappa shape index (κ3) is 8.52. The molecule has 2 aliphatic rings. The zero-order valence-electron chi connectivity index (χ0n) is 28.3. The van der Waals surface area contributed by atoms with Crippen molar-refractivity contribution >= 4 is 17.6 Å². The van der Waals surface area contributed by atoms with E-state index in [1.54, 1.807) is 33.2 Å². The van der Waals surface area contributed by atoms with Gasteiger partial charge in [0, 0.05) is 19.7 Å². The van der Waals surface area contributed by atoms with Gasteiger partial charge >= 0.3 is 5.97 Å². The van der Waals surface area contributed by atoms with E-state index >= 15 is 0 Å². The average Bonchev–Trinajstić information content (AvgIpc) is 3.70. The second kappa shape index (κ2) is 15.7. The number of fused-ring (bicyclic) bond motifs is 3. The number of hydrogen-bond acceptors (Lipinski definition) is 10. The highest BCUT2D eigenvalue weighted by atomic mass is 16.7. The average molecular weight is 632 g/mol. The molecule has 11 nitrogen and oxygen atoms in total. The standard InChI is InChI=1S/C34H53N3O8/c1-10-12-25-26-16-24(17-27(25)41-8)15-21(2)13-11-14-28(42-9)34(40,36-6)19-22(3)23(4)32-33(5,45-32)29(18-30(38)37(26)7)44-31(39)20-43-35/h11,13-14,16-17,22-23,28-29,32,36,40H,10,12,15,18-20,35H2,1-9H3/b14-11+,21-13+. The molecule has 4 N–H and O–H groups in total. The van der Waals surface area contributed by atoms with Crippen LogP contribution in [0, 0.1) is 11.8 Å². The Morgan fingerprint density at radius 3 is 2.58 bits per heavy atom. The fourth-order valence-corrected chi connectivity index (χ4v) is 6.42. The van der Waals surface area contributed by atoms with E-state index in [1.165, 1.54) is 0 Å². The fourth-order valence-electron chi connectivity index (χ4n) is 6.42. The maximum absolute atomic E-state index is 14.0. The third-order valence-electron chi connectivity index (χ3n) is 9.38. The molecule has 252 valence electrons. The van der Waals surface area contributed by atoms with Crippen molar-refractivity contribution in [1.29, 1.82) is 0 Å². The highest BCUT2D eigenvalue weighted by Gasteiger charge is 2.62. The summed E-state index contributed by atoms with van der Waals surface area (Å²) in [4.78, 5) is 32.7. The van der Waals surface area contributed by atoms with Crippen LogP contribution in [0.3, 0.4) is 0 Å². The predicted octanol–water partition coefficient (Wildman–Crippen LogP) is 3.60. The van der Waals surface area contributed by atoms with Crippen molar-refractivity contribution in [2.24, 2.45) is 17.7 Å². The number of carbonyl (C=O) groups excluding carboxylic acids is 2. The lowest BCUT2D eigenvalue weighted by molar-refractivity contribution is -0.159. The molecule has 7 atom stereocenters. The molecule has 0 aliphatic carbocycles. The van der Waals surface area contributed by atoms with E-state index < -0.39 is 36.1 Å². The smallest absolute Gasteiger partial charge is 0.334 e. The normalized spacial score (nSPS) is 33.1. The number of likely N-dealkylation sites (N-methyl/N-ethyl adjacent to an activating group) is 1. The van der Waals surface area contributed by atoms with Crippen LogP contribution in [-0.4, -0.2) is 81.5 Å². The number of methoxy groups -OCH3 is 2. The van der Waals surface area contributed by atoms with Crippen LogP contribution < -0.4 is 20.9 Å². The Kier molecular flexibility index (Phi) is 12.8. The summed E-state index contributed by atoms with van der Waals surface area (Å²) < 4.78 is 23.6. The molecule has 7 unspecified atom stereocenters. The number of nitrogens with one attached hydrogen (secondary N) is 1. The Morgan fingerprint density at radius 1 is 1.27 bits per heavy atom. The van der Waals surface area contributed by atoms with E-state index in [1.807, 2.05) is 58.1 Å². The van der Waals surface area contributed by atoms with Gasteiger partial charge in [-0.3, -0.25) is 14.9 Å². The van der Waals surface area contributed by atoms with Gasteiger partial charge in [0.25, 0.3) is 0 Å². The topological polar surface area (TPSA) is 145 Å². The van der Waals surface area contributed by atoms with E-state index in [0.717, 1.165) is 28.8 Å². The minimum Gasteiger partial charge on any atom is -0.496 e. The van der Waals surface area contributed by atoms with Crippen LogP contribution in [0.15, 0.2) is 35.9 Å². The van der Waals surface area contributed by atoms with Crippen molar-refractivity contribution in [3.63, 3.8) is 0 Å². The maximum atomic E-state index is 14.0. The number of nitrogens with zero attached hydrogens (tertiary/aromatic N) is 1. The molecule has 1 aromatic rings. The van der Waals surface area contributed by atoms with Gasteiger partial charge in [0.1, 0.15) is 29.3 Å². The molecular formula is C34H53N3O8. The number of amides is 1. The largest absolute Gasteiger partial charge is 0.496 e. The van der Waals surface area contributed by atoms with Crippen LogP contribution in [-0.2, 0) is 41.5 Å². The van der Waals surface area contributed by atoms with Crippen LogP contribution in [0.2, 0.25) is 0 Å². The molecule has 0 radical (unpaired) electrons. The SMILES string of the molecule is CCCc1c(OC)cc2cc1N(C)C(=O)CC(OC(=O)CON)C1(C)OC1C(C)C(C)CC(O)(NC)C(OC)/C=C/C=C(\C)C2. The summed E-state index contributed by atoms with van der Waals surface area (Å²) in [6.07, 6.45) is 6.28. The summed E-state index contributed by atoms with van der Waals surface area (Å²) in [5.74, 6) is 4.80. The Balaban J connectivity index is 2.15. The second-order valence-corrected chi connectivity index (χ2v) is 12.7. The summed E-state index contributed by atoms with van der Waals surface area (Å²) in [5, 5.41) is 14.8. The van der Waals surface area contributed by atoms with E-state index in [0.29, 0.717) is 25.0 Å². The molecule has 1 aromatic carbocycles. The predicted molar refractivity (Wildman–Crippen MR) is 173 cm³/mol. The molecule has 0 aromatic heterocycles. The molecule has 2 bridgehead atoms. The number of aliphatic hydroxyl groups is 1. The number of ether oxygens (including phenoxy) is 4. The van der Waals surface area contributed by atoms with Crippen molar-refractivity contribution in [2.75, 3.05) is 39.8 Å². The van der Waals surface area contributed by atoms with Crippen LogP contribution in [0.5, 0.6) is 5.75 Å². The molecule has 45 heavy (non-hydrogen) atoms. The minimum atomic E-state index is -1.37. The molecule has 1 amide bonds. The van der Waals surface area contributed by atoms with E-state index in [2.05, 4.69) is 17.1 Å². The molecule has 3 rings (SSSR count). The minimum absolute atomic E-state index is 0.0488. The van der Waals surface area contributed by atoms with Crippen molar-refractivity contribution in [3.05, 3.63) is 47.1 Å². The van der Waals surface area contributed by atoms with Gasteiger partial charge in [-0.1, -0.05) is 51.0 Å². The van der Waals surface area contributed by atoms with Gasteiger partial charge in [0.2, 0.25) is 5.91 Å². The first-order valence-electron chi connectivity index (χ1n) is 15.7. The van der Waals surface area contributed by atoms with Crippen LogP contribution >= 0.6 is 0 Å². The van der Waals surface area contributed by atoms with Gasteiger partial charge in [-0.05, 0) is 69.7 Å². The van der Waals surface area contributed by atoms with Crippen molar-refractivity contribution < 1.29 is 38.5 Å². The highest BCUT2D eigenvalue weighted by Crippen LogP contribution is 2.49. The van der Waals surface area contributed by atoms with Crippen molar-refractivity contribution in [2.45, 2.75) is 96.4 Å². The molecule has 2 aliphatic heterocycles. The van der Waals surface area contributed by atoms with E-state index in [-0.39, 0.29) is 30.3 Å². The molecule has 1 fully saturated rings. The molecule has 11 heteroatoms. The Morgan fingerprint density at radius 2 is 1.98 bits per heavy atom. The van der Waals surface area contributed by atoms with E-state index in [4.69, 9.17) is 24.8 Å². The lowest BCUT2D eigenvalue weighted by Gasteiger charge is -2.37. The summed E-state index contributed by atoms with van der Waals surface area (Å²) in [7, 11) is 6.64. The van der Waals surface area contributed by atoms with Gasteiger partial charge in [0.15, 0.2) is 6.61 Å². The zero-order valence-corrected chi connectivity index (χ0v) is 28.3. The van der Waals surface area contributed by atoms with Crippen molar-refractivity contribution in [1.82, 2.24) is 5.32 Å².